The van der Waals surface area contributed by atoms with E-state index in [0.29, 0.717) is 10.7 Å². The molecule has 0 aromatic heterocycles. The maximum atomic E-state index is 12.3. The normalized spacial score (nSPS) is 19.6. The molecule has 0 aliphatic heterocycles. The number of hydrogen-bond acceptors (Lipinski definition) is 2. The molecule has 1 atom stereocenters. The quantitative estimate of drug-likeness (QED) is 0.826. The Bertz CT molecular complexity index is 402. The molecule has 1 aliphatic carbocycles. The van der Waals surface area contributed by atoms with Gasteiger partial charge >= 0.3 is 0 Å². The number of benzene rings is 1. The van der Waals surface area contributed by atoms with E-state index in [0.717, 1.165) is 17.7 Å². The lowest BCUT2D eigenvalue weighted by Gasteiger charge is -2.21. The smallest absolute Gasteiger partial charge is 0.0588 e. The van der Waals surface area contributed by atoms with Gasteiger partial charge in [-0.15, -0.1) is 0 Å². The van der Waals surface area contributed by atoms with Gasteiger partial charge in [0.2, 0.25) is 0 Å². The van der Waals surface area contributed by atoms with Gasteiger partial charge in [-0.05, 0) is 31.0 Å². The van der Waals surface area contributed by atoms with Crippen LogP contribution in [0.4, 0.5) is 5.69 Å². The van der Waals surface area contributed by atoms with Crippen LogP contribution in [0.25, 0.3) is 0 Å². The number of halogens is 1. The second kappa shape index (κ2) is 5.19. The van der Waals surface area contributed by atoms with Crippen LogP contribution in [0.2, 0.25) is 5.02 Å². The molecule has 88 valence electrons. The zero-order chi connectivity index (χ0) is 11.5. The summed E-state index contributed by atoms with van der Waals surface area (Å²) in [6, 6.07) is 5.24. The molecule has 0 radical (unpaired) electrons. The fourth-order valence-electron chi connectivity index (χ4n) is 2.14. The lowest BCUT2D eigenvalue weighted by Crippen LogP contribution is -2.18. The maximum absolute atomic E-state index is 12.3. The van der Waals surface area contributed by atoms with Crippen molar-refractivity contribution in [1.82, 2.24) is 0 Å². The van der Waals surface area contributed by atoms with Gasteiger partial charge in [0.25, 0.3) is 0 Å². The van der Waals surface area contributed by atoms with Crippen molar-refractivity contribution in [2.75, 3.05) is 5.73 Å². The van der Waals surface area contributed by atoms with E-state index in [-0.39, 0.29) is 5.25 Å². The second-order valence-electron chi connectivity index (χ2n) is 4.25. The van der Waals surface area contributed by atoms with Crippen LogP contribution >= 0.6 is 11.6 Å². The van der Waals surface area contributed by atoms with Crippen molar-refractivity contribution in [3.05, 3.63) is 23.2 Å². The zero-order valence-corrected chi connectivity index (χ0v) is 10.7. The Balaban J connectivity index is 2.19. The van der Waals surface area contributed by atoms with Crippen molar-refractivity contribution < 1.29 is 4.21 Å². The van der Waals surface area contributed by atoms with Crippen LogP contribution < -0.4 is 5.73 Å². The van der Waals surface area contributed by atoms with E-state index >= 15 is 0 Å². The van der Waals surface area contributed by atoms with E-state index in [2.05, 4.69) is 0 Å². The summed E-state index contributed by atoms with van der Waals surface area (Å²) in [5, 5.41) is 0.804. The molecule has 0 bridgehead atoms. The SMILES string of the molecule is Nc1ccc(S(=O)C2CCCCC2)c(Cl)c1. The van der Waals surface area contributed by atoms with Crippen LogP contribution in [0.3, 0.4) is 0 Å². The third-order valence-electron chi connectivity index (χ3n) is 3.03. The minimum absolute atomic E-state index is 0.273. The van der Waals surface area contributed by atoms with Gasteiger partial charge in [0.15, 0.2) is 0 Å². The van der Waals surface area contributed by atoms with Gasteiger partial charge in [0.05, 0.1) is 20.7 Å². The lowest BCUT2D eigenvalue weighted by atomic mass is 10.0. The molecule has 16 heavy (non-hydrogen) atoms. The molecular formula is C12H16ClNOS. The van der Waals surface area contributed by atoms with E-state index in [1.165, 1.54) is 19.3 Å². The predicted octanol–water partition coefficient (Wildman–Crippen LogP) is 3.36. The molecule has 0 saturated heterocycles. The van der Waals surface area contributed by atoms with Crippen LogP contribution in [0, 0.1) is 0 Å². The Labute approximate surface area is 104 Å². The van der Waals surface area contributed by atoms with Crippen LogP contribution in [-0.2, 0) is 10.8 Å². The predicted molar refractivity (Wildman–Crippen MR) is 69.1 cm³/mol. The van der Waals surface area contributed by atoms with Crippen LogP contribution in [0.15, 0.2) is 23.1 Å². The van der Waals surface area contributed by atoms with Crippen molar-refractivity contribution in [3.8, 4) is 0 Å². The summed E-state index contributed by atoms with van der Waals surface area (Å²) in [7, 11) is -0.977. The summed E-state index contributed by atoms with van der Waals surface area (Å²) < 4.78 is 12.3. The number of hydrogen-bond donors (Lipinski definition) is 1. The Morgan fingerprint density at radius 3 is 2.56 bits per heavy atom. The van der Waals surface area contributed by atoms with Gasteiger partial charge in [0, 0.05) is 10.9 Å². The van der Waals surface area contributed by atoms with E-state index in [9.17, 15) is 4.21 Å². The number of nitrogen functional groups attached to an aromatic ring is 1. The molecule has 2 rings (SSSR count). The number of anilines is 1. The molecule has 1 aliphatic rings. The molecular weight excluding hydrogens is 242 g/mol. The lowest BCUT2D eigenvalue weighted by molar-refractivity contribution is 0.504. The number of nitrogens with two attached hydrogens (primary N) is 1. The zero-order valence-electron chi connectivity index (χ0n) is 9.12. The maximum Gasteiger partial charge on any atom is 0.0588 e. The van der Waals surface area contributed by atoms with E-state index in [1.807, 2.05) is 0 Å². The highest BCUT2D eigenvalue weighted by Gasteiger charge is 2.22. The molecule has 1 aromatic rings. The highest BCUT2D eigenvalue weighted by molar-refractivity contribution is 7.85. The molecule has 4 heteroatoms. The topological polar surface area (TPSA) is 43.1 Å². The molecule has 0 spiro atoms. The van der Waals surface area contributed by atoms with Crippen molar-refractivity contribution in [1.29, 1.82) is 0 Å². The molecule has 1 saturated carbocycles. The minimum Gasteiger partial charge on any atom is -0.399 e. The molecule has 1 fully saturated rings. The van der Waals surface area contributed by atoms with Gasteiger partial charge in [-0.25, -0.2) is 0 Å². The fourth-order valence-corrected chi connectivity index (χ4v) is 4.13. The second-order valence-corrected chi connectivity index (χ2v) is 6.36. The summed E-state index contributed by atoms with van der Waals surface area (Å²) in [6.07, 6.45) is 5.73. The third-order valence-corrected chi connectivity index (χ3v) is 5.32. The Hall–Kier alpha value is -0.540. The standard InChI is InChI=1S/C12H16ClNOS/c13-11-8-9(14)6-7-12(11)16(15)10-4-2-1-3-5-10/h6-8,10H,1-5,14H2. The molecule has 0 heterocycles. The minimum atomic E-state index is -0.977. The Morgan fingerprint density at radius 2 is 1.94 bits per heavy atom. The van der Waals surface area contributed by atoms with Gasteiger partial charge in [-0.3, -0.25) is 4.21 Å². The Morgan fingerprint density at radius 1 is 1.25 bits per heavy atom. The molecule has 1 unspecified atom stereocenters. The molecule has 2 N–H and O–H groups in total. The van der Waals surface area contributed by atoms with Crippen molar-refractivity contribution >= 4 is 28.1 Å². The van der Waals surface area contributed by atoms with E-state index in [4.69, 9.17) is 17.3 Å². The van der Waals surface area contributed by atoms with Gasteiger partial charge < -0.3 is 5.73 Å². The monoisotopic (exact) mass is 257 g/mol. The van der Waals surface area contributed by atoms with Gasteiger partial charge in [0.1, 0.15) is 0 Å². The van der Waals surface area contributed by atoms with Crippen molar-refractivity contribution in [2.24, 2.45) is 0 Å². The van der Waals surface area contributed by atoms with Crippen LogP contribution in [0.1, 0.15) is 32.1 Å². The first-order valence-electron chi connectivity index (χ1n) is 5.64. The van der Waals surface area contributed by atoms with Crippen molar-refractivity contribution in [3.63, 3.8) is 0 Å². The van der Waals surface area contributed by atoms with E-state index < -0.39 is 10.8 Å². The highest BCUT2D eigenvalue weighted by atomic mass is 35.5. The first kappa shape index (κ1) is 11.9. The summed E-state index contributed by atoms with van der Waals surface area (Å²) in [5.74, 6) is 0. The highest BCUT2D eigenvalue weighted by Crippen LogP contribution is 2.30. The molecule has 0 amide bonds. The largest absolute Gasteiger partial charge is 0.399 e. The summed E-state index contributed by atoms with van der Waals surface area (Å²) in [5.41, 5.74) is 6.24. The third kappa shape index (κ3) is 2.58. The van der Waals surface area contributed by atoms with Crippen LogP contribution in [-0.4, -0.2) is 9.46 Å². The van der Waals surface area contributed by atoms with Gasteiger partial charge in [-0.2, -0.15) is 0 Å². The average molecular weight is 258 g/mol. The molecule has 1 aromatic carbocycles. The first-order chi connectivity index (χ1) is 7.68. The average Bonchev–Trinajstić information content (AvgIpc) is 2.29. The molecule has 2 nitrogen and oxygen atoms in total. The summed E-state index contributed by atoms with van der Waals surface area (Å²) in [4.78, 5) is 0.739. The first-order valence-corrected chi connectivity index (χ1v) is 7.23. The van der Waals surface area contributed by atoms with Crippen molar-refractivity contribution in [2.45, 2.75) is 42.2 Å². The van der Waals surface area contributed by atoms with Gasteiger partial charge in [-0.1, -0.05) is 30.9 Å². The Kier molecular flexibility index (Phi) is 3.87. The fraction of sp³-hybridized carbons (Fsp3) is 0.500. The summed E-state index contributed by atoms with van der Waals surface area (Å²) in [6.45, 7) is 0. The van der Waals surface area contributed by atoms with E-state index in [1.54, 1.807) is 18.2 Å². The van der Waals surface area contributed by atoms with Crippen LogP contribution in [0.5, 0.6) is 0 Å². The number of rotatable bonds is 2. The summed E-state index contributed by atoms with van der Waals surface area (Å²) >= 11 is 6.07.